The highest BCUT2D eigenvalue weighted by Crippen LogP contribution is 1.89. The van der Waals surface area contributed by atoms with Gasteiger partial charge in [-0.2, -0.15) is 4.98 Å². The van der Waals surface area contributed by atoms with Gasteiger partial charge in [-0.25, -0.2) is 8.42 Å². The molecule has 0 saturated carbocycles. The molecule has 0 saturated heterocycles. The summed E-state index contributed by atoms with van der Waals surface area (Å²) in [4.78, 5) is 3.80. The predicted molar refractivity (Wildman–Crippen MR) is 50.3 cm³/mol. The first-order chi connectivity index (χ1) is 6.58. The van der Waals surface area contributed by atoms with Crippen molar-refractivity contribution in [3.8, 4) is 0 Å². The molecular weight excluding hydrogens is 206 g/mol. The van der Waals surface area contributed by atoms with Gasteiger partial charge in [-0.15, -0.1) is 0 Å². The molecule has 1 heterocycles. The first kappa shape index (κ1) is 11.1. The number of nitrogens with one attached hydrogen (secondary N) is 1. The monoisotopic (exact) mass is 219 g/mol. The molecule has 6 nitrogen and oxygen atoms in total. The van der Waals surface area contributed by atoms with Gasteiger partial charge in [-0.1, -0.05) is 5.16 Å². The van der Waals surface area contributed by atoms with Gasteiger partial charge in [0.1, 0.15) is 9.84 Å². The van der Waals surface area contributed by atoms with Crippen LogP contribution in [0.5, 0.6) is 0 Å². The molecule has 14 heavy (non-hydrogen) atoms. The standard InChI is InChI=1S/C7H13N3O3S/c1-14(11,12)4-2-3-8-5-7-9-6-13-10-7/h6,8H,2-5H2,1H3. The topological polar surface area (TPSA) is 85.1 Å². The van der Waals surface area contributed by atoms with E-state index in [-0.39, 0.29) is 5.75 Å². The van der Waals surface area contributed by atoms with Crippen molar-refractivity contribution >= 4 is 9.84 Å². The summed E-state index contributed by atoms with van der Waals surface area (Å²) in [5.41, 5.74) is 0. The quantitative estimate of drug-likeness (QED) is 0.655. The van der Waals surface area contributed by atoms with Crippen molar-refractivity contribution in [2.75, 3.05) is 18.6 Å². The first-order valence-corrected chi connectivity index (χ1v) is 6.28. The Balaban J connectivity index is 2.06. The average molecular weight is 219 g/mol. The fraction of sp³-hybridized carbons (Fsp3) is 0.714. The van der Waals surface area contributed by atoms with E-state index in [4.69, 9.17) is 0 Å². The van der Waals surface area contributed by atoms with Crippen LogP contribution in [0.2, 0.25) is 0 Å². The van der Waals surface area contributed by atoms with Gasteiger partial charge < -0.3 is 9.84 Å². The molecule has 0 aliphatic heterocycles. The van der Waals surface area contributed by atoms with Crippen LogP contribution in [0, 0.1) is 0 Å². The molecule has 1 aromatic rings. The van der Waals surface area contributed by atoms with Crippen molar-refractivity contribution in [3.05, 3.63) is 12.2 Å². The summed E-state index contributed by atoms with van der Waals surface area (Å²) >= 11 is 0. The van der Waals surface area contributed by atoms with Crippen molar-refractivity contribution in [1.29, 1.82) is 0 Å². The molecule has 0 bridgehead atoms. The lowest BCUT2D eigenvalue weighted by Crippen LogP contribution is -2.18. The Morgan fingerprint density at radius 1 is 1.57 bits per heavy atom. The second-order valence-electron chi connectivity index (χ2n) is 3.01. The highest BCUT2D eigenvalue weighted by molar-refractivity contribution is 7.90. The molecule has 0 spiro atoms. The van der Waals surface area contributed by atoms with Crippen LogP contribution in [0.15, 0.2) is 10.9 Å². The van der Waals surface area contributed by atoms with E-state index in [1.807, 2.05) is 0 Å². The largest absolute Gasteiger partial charge is 0.343 e. The van der Waals surface area contributed by atoms with Gasteiger partial charge in [0.05, 0.1) is 12.3 Å². The molecule has 0 aliphatic carbocycles. The minimum Gasteiger partial charge on any atom is -0.343 e. The lowest BCUT2D eigenvalue weighted by atomic mass is 10.4. The molecule has 80 valence electrons. The third kappa shape index (κ3) is 4.93. The summed E-state index contributed by atoms with van der Waals surface area (Å²) in [6, 6.07) is 0. The van der Waals surface area contributed by atoms with Crippen LogP contribution in [0.4, 0.5) is 0 Å². The molecule has 0 unspecified atom stereocenters. The minimum absolute atomic E-state index is 0.201. The Hall–Kier alpha value is -0.950. The zero-order valence-electron chi connectivity index (χ0n) is 7.93. The smallest absolute Gasteiger partial charge is 0.213 e. The Bertz CT molecular complexity index is 346. The number of hydrogen-bond donors (Lipinski definition) is 1. The molecule has 0 amide bonds. The average Bonchev–Trinajstić information content (AvgIpc) is 2.54. The van der Waals surface area contributed by atoms with Crippen LogP contribution in [-0.4, -0.2) is 37.1 Å². The van der Waals surface area contributed by atoms with Crippen LogP contribution < -0.4 is 5.32 Å². The van der Waals surface area contributed by atoms with Gasteiger partial charge in [-0.05, 0) is 13.0 Å². The second kappa shape index (κ2) is 5.06. The third-order valence-electron chi connectivity index (χ3n) is 1.56. The summed E-state index contributed by atoms with van der Waals surface area (Å²) in [7, 11) is -2.85. The Morgan fingerprint density at radius 3 is 2.93 bits per heavy atom. The fourth-order valence-electron chi connectivity index (χ4n) is 0.930. The van der Waals surface area contributed by atoms with Crippen LogP contribution in [0.1, 0.15) is 12.2 Å². The highest BCUT2D eigenvalue weighted by Gasteiger charge is 2.01. The number of hydrogen-bond acceptors (Lipinski definition) is 6. The number of nitrogens with zero attached hydrogens (tertiary/aromatic N) is 2. The molecule has 0 atom stereocenters. The van der Waals surface area contributed by atoms with E-state index >= 15 is 0 Å². The van der Waals surface area contributed by atoms with Crippen molar-refractivity contribution in [3.63, 3.8) is 0 Å². The van der Waals surface area contributed by atoms with Gasteiger partial charge in [0.25, 0.3) is 0 Å². The second-order valence-corrected chi connectivity index (χ2v) is 5.27. The van der Waals surface area contributed by atoms with Crippen LogP contribution in [0.3, 0.4) is 0 Å². The molecule has 1 aromatic heterocycles. The Labute approximate surface area is 82.6 Å². The number of sulfone groups is 1. The van der Waals surface area contributed by atoms with Gasteiger partial charge in [0, 0.05) is 6.26 Å². The SMILES string of the molecule is CS(=O)(=O)CCCNCc1ncon1. The van der Waals surface area contributed by atoms with E-state index < -0.39 is 9.84 Å². The zero-order valence-corrected chi connectivity index (χ0v) is 8.75. The molecule has 0 radical (unpaired) electrons. The van der Waals surface area contributed by atoms with E-state index in [1.54, 1.807) is 0 Å². The first-order valence-electron chi connectivity index (χ1n) is 4.21. The van der Waals surface area contributed by atoms with Crippen molar-refractivity contribution in [2.45, 2.75) is 13.0 Å². The highest BCUT2D eigenvalue weighted by atomic mass is 32.2. The lowest BCUT2D eigenvalue weighted by molar-refractivity contribution is 0.407. The number of aromatic nitrogens is 2. The lowest BCUT2D eigenvalue weighted by Gasteiger charge is -2.00. The minimum atomic E-state index is -2.85. The molecule has 0 aliphatic rings. The Kier molecular flexibility index (Phi) is 4.02. The zero-order chi connectivity index (χ0) is 10.4. The van der Waals surface area contributed by atoms with E-state index in [2.05, 4.69) is 20.0 Å². The van der Waals surface area contributed by atoms with Crippen molar-refractivity contribution in [1.82, 2.24) is 15.5 Å². The fourth-order valence-corrected chi connectivity index (χ4v) is 1.60. The van der Waals surface area contributed by atoms with Crippen LogP contribution >= 0.6 is 0 Å². The van der Waals surface area contributed by atoms with E-state index in [0.717, 1.165) is 0 Å². The Morgan fingerprint density at radius 2 is 2.36 bits per heavy atom. The summed E-state index contributed by atoms with van der Waals surface area (Å²) < 4.78 is 26.0. The summed E-state index contributed by atoms with van der Waals surface area (Å²) in [5, 5.41) is 6.61. The van der Waals surface area contributed by atoms with E-state index in [1.165, 1.54) is 12.6 Å². The maximum absolute atomic E-state index is 10.8. The van der Waals surface area contributed by atoms with Crippen molar-refractivity contribution < 1.29 is 12.9 Å². The van der Waals surface area contributed by atoms with Gasteiger partial charge in [0.2, 0.25) is 6.39 Å². The van der Waals surface area contributed by atoms with Gasteiger partial charge in [0.15, 0.2) is 5.82 Å². The molecule has 1 N–H and O–H groups in total. The van der Waals surface area contributed by atoms with Crippen LogP contribution in [-0.2, 0) is 16.4 Å². The molecule has 0 fully saturated rings. The van der Waals surface area contributed by atoms with E-state index in [0.29, 0.717) is 25.3 Å². The predicted octanol–water partition coefficient (Wildman–Crippen LogP) is -0.406. The third-order valence-corrected chi connectivity index (χ3v) is 2.59. The molecule has 0 aromatic carbocycles. The molecule has 7 heteroatoms. The molecule has 1 rings (SSSR count). The van der Waals surface area contributed by atoms with E-state index in [9.17, 15) is 8.42 Å². The maximum atomic E-state index is 10.8. The van der Waals surface area contributed by atoms with Gasteiger partial charge in [-0.3, -0.25) is 0 Å². The van der Waals surface area contributed by atoms with Crippen LogP contribution in [0.25, 0.3) is 0 Å². The summed E-state index contributed by atoms with van der Waals surface area (Å²) in [6.07, 6.45) is 3.08. The summed E-state index contributed by atoms with van der Waals surface area (Å²) in [5.74, 6) is 0.774. The maximum Gasteiger partial charge on any atom is 0.213 e. The summed E-state index contributed by atoms with van der Waals surface area (Å²) in [6.45, 7) is 1.13. The normalized spacial score (nSPS) is 11.8. The van der Waals surface area contributed by atoms with Gasteiger partial charge >= 0.3 is 0 Å². The number of rotatable bonds is 6. The molecular formula is C7H13N3O3S. The van der Waals surface area contributed by atoms with Crippen molar-refractivity contribution in [2.24, 2.45) is 0 Å².